The Bertz CT molecular complexity index is 1470. The van der Waals surface area contributed by atoms with Crippen molar-refractivity contribution in [1.29, 1.82) is 0 Å². The second kappa shape index (κ2) is 10.7. The number of halogens is 8. The van der Waals surface area contributed by atoms with Gasteiger partial charge >= 0.3 is 12.3 Å². The minimum Gasteiger partial charge on any atom is -0.457 e. The Balaban J connectivity index is 1.41. The van der Waals surface area contributed by atoms with Gasteiger partial charge in [-0.25, -0.2) is 31.6 Å². The molecule has 1 atom stereocenters. The number of carbonyl (C=O) groups is 1. The van der Waals surface area contributed by atoms with Crippen molar-refractivity contribution in [2.24, 2.45) is 0 Å². The van der Waals surface area contributed by atoms with Crippen LogP contribution in [0.25, 0.3) is 17.1 Å². The molecule has 14 heteroatoms. The lowest BCUT2D eigenvalue weighted by Gasteiger charge is -2.16. The Labute approximate surface area is 214 Å². The lowest BCUT2D eigenvalue weighted by Crippen LogP contribution is -2.17. The summed E-state index contributed by atoms with van der Waals surface area (Å²) in [4.78, 5) is 16.4. The third-order valence-electron chi connectivity index (χ3n) is 5.35. The number of aromatic nitrogens is 3. The normalized spacial score (nSPS) is 12.3. The number of hydrogen-bond donors (Lipinski definition) is 0. The summed E-state index contributed by atoms with van der Waals surface area (Å²) in [5.41, 5.74) is 0.0514. The molecule has 6 nitrogen and oxygen atoms in total. The molecule has 1 unspecified atom stereocenters. The molecule has 4 rings (SSSR count). The van der Waals surface area contributed by atoms with Gasteiger partial charge in [-0.1, -0.05) is 24.3 Å². The summed E-state index contributed by atoms with van der Waals surface area (Å²) in [5, 5.41) is 4.25. The number of alkyl halides is 3. The van der Waals surface area contributed by atoms with Gasteiger partial charge in [0.2, 0.25) is 5.82 Å². The Hall–Kier alpha value is -4.49. The molecule has 0 aliphatic heterocycles. The highest BCUT2D eigenvalue weighted by Gasteiger charge is 2.31. The Morgan fingerprint density at radius 3 is 2.00 bits per heavy atom. The summed E-state index contributed by atoms with van der Waals surface area (Å²) in [6.45, 7) is 0.970. The summed E-state index contributed by atoms with van der Waals surface area (Å²) in [5.74, 6) is -11.9. The minimum atomic E-state index is -4.82. The molecule has 0 radical (unpaired) electrons. The van der Waals surface area contributed by atoms with E-state index in [0.29, 0.717) is 16.8 Å². The molecule has 1 aromatic heterocycles. The predicted octanol–water partition coefficient (Wildman–Crippen LogP) is 6.38. The van der Waals surface area contributed by atoms with Crippen molar-refractivity contribution in [3.8, 4) is 22.8 Å². The van der Waals surface area contributed by atoms with Gasteiger partial charge in [-0.3, -0.25) is 4.79 Å². The third kappa shape index (κ3) is 6.16. The molecule has 4 aromatic rings. The first-order chi connectivity index (χ1) is 18.3. The highest BCUT2D eigenvalue weighted by Crippen LogP contribution is 2.30. The molecule has 39 heavy (non-hydrogen) atoms. The smallest absolute Gasteiger partial charge is 0.457 e. The molecule has 0 saturated carbocycles. The number of rotatable bonds is 7. The first-order valence-corrected chi connectivity index (χ1v) is 10.9. The van der Waals surface area contributed by atoms with Crippen LogP contribution in [-0.4, -0.2) is 27.1 Å². The van der Waals surface area contributed by atoms with E-state index in [9.17, 15) is 39.9 Å². The van der Waals surface area contributed by atoms with Gasteiger partial charge in [0.15, 0.2) is 29.1 Å². The molecule has 0 saturated heterocycles. The molecule has 0 aliphatic rings. The zero-order valence-electron chi connectivity index (χ0n) is 19.6. The van der Waals surface area contributed by atoms with Crippen molar-refractivity contribution < 1.29 is 49.4 Å². The van der Waals surface area contributed by atoms with E-state index in [-0.39, 0.29) is 12.2 Å². The molecule has 0 amide bonds. The van der Waals surface area contributed by atoms with Gasteiger partial charge in [0, 0.05) is 5.56 Å². The zero-order valence-corrected chi connectivity index (χ0v) is 19.6. The van der Waals surface area contributed by atoms with Gasteiger partial charge in [-0.15, -0.1) is 18.3 Å². The van der Waals surface area contributed by atoms with Crippen LogP contribution in [-0.2, 0) is 16.0 Å². The van der Waals surface area contributed by atoms with Crippen LogP contribution < -0.4 is 4.74 Å². The number of carbonyl (C=O) groups excluding carboxylic acids is 1. The van der Waals surface area contributed by atoms with Gasteiger partial charge in [0.1, 0.15) is 18.2 Å². The van der Waals surface area contributed by atoms with E-state index >= 15 is 0 Å². The van der Waals surface area contributed by atoms with Crippen molar-refractivity contribution in [1.82, 2.24) is 14.8 Å². The molecule has 0 aliphatic carbocycles. The molecule has 3 aromatic carbocycles. The Kier molecular flexibility index (Phi) is 7.56. The maximum absolute atomic E-state index is 14.0. The number of benzene rings is 3. The van der Waals surface area contributed by atoms with Crippen LogP contribution in [0.5, 0.6) is 5.75 Å². The maximum atomic E-state index is 14.0. The standard InChI is InChI=1S/C25H15F8N3O3/c1-12(18-19(26)21(28)23(30)22(29)20(18)27)38-17(37)10-13-2-4-14(5-3-13)24-34-11-36(35-24)15-6-8-16(9-7-15)39-25(31,32)33/h2-9,11-12H,10H2,1H3. The van der Waals surface area contributed by atoms with Crippen LogP contribution in [0.3, 0.4) is 0 Å². The number of ether oxygens (including phenoxy) is 2. The van der Waals surface area contributed by atoms with Crippen molar-refractivity contribution in [3.05, 3.63) is 95.1 Å². The fraction of sp³-hybridized carbons (Fsp3) is 0.160. The van der Waals surface area contributed by atoms with Gasteiger partial charge in [0.05, 0.1) is 17.7 Å². The molecule has 0 fully saturated rings. The average molecular weight is 557 g/mol. The van der Waals surface area contributed by atoms with Crippen LogP contribution in [0.4, 0.5) is 35.1 Å². The summed E-state index contributed by atoms with van der Waals surface area (Å²) in [6, 6.07) is 11.0. The van der Waals surface area contributed by atoms with Crippen molar-refractivity contribution in [3.63, 3.8) is 0 Å². The predicted molar refractivity (Wildman–Crippen MR) is 118 cm³/mol. The van der Waals surface area contributed by atoms with E-state index in [1.54, 1.807) is 12.1 Å². The molecular formula is C25H15F8N3O3. The highest BCUT2D eigenvalue weighted by atomic mass is 19.4. The van der Waals surface area contributed by atoms with E-state index in [1.807, 2.05) is 0 Å². The van der Waals surface area contributed by atoms with E-state index in [0.717, 1.165) is 19.1 Å². The molecule has 0 spiro atoms. The van der Waals surface area contributed by atoms with E-state index < -0.39 is 58.8 Å². The quantitative estimate of drug-likeness (QED) is 0.114. The first-order valence-electron chi connectivity index (χ1n) is 10.9. The summed E-state index contributed by atoms with van der Waals surface area (Å²) in [6.07, 6.45) is -5.63. The Morgan fingerprint density at radius 2 is 1.44 bits per heavy atom. The van der Waals surface area contributed by atoms with Gasteiger partial charge < -0.3 is 9.47 Å². The van der Waals surface area contributed by atoms with E-state index in [4.69, 9.17) is 4.74 Å². The van der Waals surface area contributed by atoms with Gasteiger partial charge in [-0.05, 0) is 36.8 Å². The topological polar surface area (TPSA) is 66.2 Å². The molecular weight excluding hydrogens is 542 g/mol. The number of esters is 1. The summed E-state index contributed by atoms with van der Waals surface area (Å²) in [7, 11) is 0. The van der Waals surface area contributed by atoms with Crippen molar-refractivity contribution in [2.75, 3.05) is 0 Å². The van der Waals surface area contributed by atoms with Crippen LogP contribution in [0.2, 0.25) is 0 Å². The lowest BCUT2D eigenvalue weighted by atomic mass is 10.1. The second-order valence-corrected chi connectivity index (χ2v) is 8.04. The number of hydrogen-bond acceptors (Lipinski definition) is 5. The third-order valence-corrected chi connectivity index (χ3v) is 5.35. The fourth-order valence-electron chi connectivity index (χ4n) is 3.54. The Morgan fingerprint density at radius 1 is 0.872 bits per heavy atom. The van der Waals surface area contributed by atoms with Crippen LogP contribution in [0.1, 0.15) is 24.2 Å². The van der Waals surface area contributed by atoms with Crippen LogP contribution >= 0.6 is 0 Å². The highest BCUT2D eigenvalue weighted by molar-refractivity contribution is 5.73. The first kappa shape index (κ1) is 27.5. The average Bonchev–Trinajstić information content (AvgIpc) is 3.36. The SMILES string of the molecule is CC(OC(=O)Cc1ccc(-c2ncn(-c3ccc(OC(F)(F)F)cc3)n2)cc1)c1c(F)c(F)c(F)c(F)c1F. The fourth-order valence-corrected chi connectivity index (χ4v) is 3.54. The van der Waals surface area contributed by atoms with Crippen molar-refractivity contribution >= 4 is 5.97 Å². The zero-order chi connectivity index (χ0) is 28.5. The summed E-state index contributed by atoms with van der Waals surface area (Å²) >= 11 is 0. The molecule has 204 valence electrons. The summed E-state index contributed by atoms with van der Waals surface area (Å²) < 4.78 is 115. The molecule has 1 heterocycles. The van der Waals surface area contributed by atoms with Crippen LogP contribution in [0, 0.1) is 29.1 Å². The van der Waals surface area contributed by atoms with Gasteiger partial charge in [-0.2, -0.15) is 0 Å². The maximum Gasteiger partial charge on any atom is 0.573 e. The van der Waals surface area contributed by atoms with Crippen molar-refractivity contribution in [2.45, 2.75) is 25.8 Å². The molecule has 0 N–H and O–H groups in total. The number of nitrogens with zero attached hydrogens (tertiary/aromatic N) is 3. The van der Waals surface area contributed by atoms with E-state index in [2.05, 4.69) is 14.8 Å². The minimum absolute atomic E-state index is 0.250. The van der Waals surface area contributed by atoms with Gasteiger partial charge in [0.25, 0.3) is 0 Å². The monoisotopic (exact) mass is 557 g/mol. The van der Waals surface area contributed by atoms with Crippen LogP contribution in [0.15, 0.2) is 54.9 Å². The molecule has 0 bridgehead atoms. The second-order valence-electron chi connectivity index (χ2n) is 8.04. The lowest BCUT2D eigenvalue weighted by molar-refractivity contribution is -0.274. The van der Waals surface area contributed by atoms with E-state index in [1.165, 1.54) is 35.3 Å². The largest absolute Gasteiger partial charge is 0.573 e.